The van der Waals surface area contributed by atoms with Gasteiger partial charge in [0.25, 0.3) is 5.56 Å². The number of H-pyrrole nitrogens is 1. The summed E-state index contributed by atoms with van der Waals surface area (Å²) >= 11 is 0. The summed E-state index contributed by atoms with van der Waals surface area (Å²) in [4.78, 5) is 27.2. The highest BCUT2D eigenvalue weighted by atomic mass is 16.2. The molecule has 2 heterocycles. The predicted molar refractivity (Wildman–Crippen MR) is 74.2 cm³/mol. The van der Waals surface area contributed by atoms with Crippen molar-refractivity contribution < 1.29 is 0 Å². The number of hydrogen-bond acceptors (Lipinski definition) is 2. The van der Waals surface area contributed by atoms with Gasteiger partial charge in [-0.2, -0.15) is 0 Å². The first kappa shape index (κ1) is 11.5. The van der Waals surface area contributed by atoms with Gasteiger partial charge < -0.3 is 4.98 Å². The fourth-order valence-electron chi connectivity index (χ4n) is 2.31. The number of hydrogen-bond donors (Lipinski definition) is 1. The van der Waals surface area contributed by atoms with Crippen LogP contribution in [0, 0.1) is 0 Å². The van der Waals surface area contributed by atoms with Crippen molar-refractivity contribution >= 4 is 10.9 Å². The molecule has 0 aliphatic heterocycles. The van der Waals surface area contributed by atoms with Gasteiger partial charge in [-0.15, -0.1) is 0 Å². The molecule has 0 saturated heterocycles. The van der Waals surface area contributed by atoms with Crippen molar-refractivity contribution in [2.75, 3.05) is 0 Å². The van der Waals surface area contributed by atoms with Crippen molar-refractivity contribution in [3.63, 3.8) is 0 Å². The number of rotatable bonds is 1. The first-order chi connectivity index (χ1) is 9.11. The first-order valence-corrected chi connectivity index (χ1v) is 5.94. The molecular formula is C14H13N3O2. The minimum Gasteiger partial charge on any atom is -0.359 e. The number of nitrogens with one attached hydrogen (secondary N) is 1. The van der Waals surface area contributed by atoms with Crippen LogP contribution < -0.4 is 11.2 Å². The number of nitrogens with zero attached hydrogens (tertiary/aromatic N) is 2. The summed E-state index contributed by atoms with van der Waals surface area (Å²) in [7, 11) is 3.15. The lowest BCUT2D eigenvalue weighted by Gasteiger charge is -2.04. The number of aryl methyl sites for hydroxylation is 1. The number of aromatic nitrogens is 3. The molecule has 0 spiro atoms. The molecule has 0 unspecified atom stereocenters. The Balaban J connectivity index is 2.49. The molecule has 0 amide bonds. The third-order valence-corrected chi connectivity index (χ3v) is 3.38. The molecule has 0 bridgehead atoms. The average molecular weight is 255 g/mol. The lowest BCUT2D eigenvalue weighted by molar-refractivity contribution is 0.714. The average Bonchev–Trinajstić information content (AvgIpc) is 2.88. The van der Waals surface area contributed by atoms with Crippen LogP contribution in [0.3, 0.4) is 0 Å². The lowest BCUT2D eigenvalue weighted by atomic mass is 10.1. The summed E-state index contributed by atoms with van der Waals surface area (Å²) < 4.78 is 2.60. The highest BCUT2D eigenvalue weighted by molar-refractivity contribution is 5.92. The third kappa shape index (κ3) is 1.55. The summed E-state index contributed by atoms with van der Waals surface area (Å²) in [5, 5.41) is 0.538. The Labute approximate surface area is 108 Å². The lowest BCUT2D eigenvalue weighted by Crippen LogP contribution is -2.36. The zero-order valence-corrected chi connectivity index (χ0v) is 10.7. The van der Waals surface area contributed by atoms with Crippen LogP contribution in [0.15, 0.2) is 46.1 Å². The van der Waals surface area contributed by atoms with E-state index in [1.807, 2.05) is 30.3 Å². The van der Waals surface area contributed by atoms with Gasteiger partial charge in [-0.1, -0.05) is 30.3 Å². The van der Waals surface area contributed by atoms with Gasteiger partial charge in [0.1, 0.15) is 0 Å². The molecular weight excluding hydrogens is 242 g/mol. The summed E-state index contributed by atoms with van der Waals surface area (Å²) in [6.45, 7) is 0. The van der Waals surface area contributed by atoms with Crippen LogP contribution in [-0.4, -0.2) is 14.1 Å². The molecule has 1 N–H and O–H groups in total. The predicted octanol–water partition coefficient (Wildman–Crippen LogP) is 1.23. The molecule has 0 aliphatic carbocycles. The van der Waals surface area contributed by atoms with Gasteiger partial charge in [0.15, 0.2) is 0 Å². The fourth-order valence-corrected chi connectivity index (χ4v) is 2.31. The molecule has 5 heteroatoms. The Morgan fingerprint density at radius 1 is 1.00 bits per heavy atom. The van der Waals surface area contributed by atoms with Crippen molar-refractivity contribution in [3.05, 3.63) is 57.4 Å². The minimum atomic E-state index is -0.323. The van der Waals surface area contributed by atoms with E-state index in [9.17, 15) is 9.59 Å². The number of aromatic amines is 1. The Kier molecular flexibility index (Phi) is 2.41. The van der Waals surface area contributed by atoms with Crippen LogP contribution in [-0.2, 0) is 14.1 Å². The second kappa shape index (κ2) is 3.98. The zero-order chi connectivity index (χ0) is 13.6. The minimum absolute atomic E-state index is 0.279. The van der Waals surface area contributed by atoms with Crippen LogP contribution in [0.25, 0.3) is 22.2 Å². The molecule has 0 fully saturated rings. The van der Waals surface area contributed by atoms with Gasteiger partial charge in [-0.25, -0.2) is 4.79 Å². The van der Waals surface area contributed by atoms with Gasteiger partial charge in [-0.05, 0) is 5.56 Å². The molecule has 3 aromatic rings. The normalized spacial score (nSPS) is 11.1. The second-order valence-electron chi connectivity index (χ2n) is 4.50. The van der Waals surface area contributed by atoms with Gasteiger partial charge in [0, 0.05) is 20.3 Å². The summed E-state index contributed by atoms with van der Waals surface area (Å²) in [5.41, 5.74) is 1.68. The molecule has 19 heavy (non-hydrogen) atoms. The van der Waals surface area contributed by atoms with E-state index in [2.05, 4.69) is 4.98 Å². The molecule has 2 aromatic heterocycles. The Bertz CT molecular complexity index is 869. The zero-order valence-electron chi connectivity index (χ0n) is 10.7. The van der Waals surface area contributed by atoms with Crippen LogP contribution in [0.4, 0.5) is 0 Å². The Morgan fingerprint density at radius 3 is 2.37 bits per heavy atom. The van der Waals surface area contributed by atoms with E-state index in [0.29, 0.717) is 10.9 Å². The van der Waals surface area contributed by atoms with E-state index in [4.69, 9.17) is 0 Å². The maximum absolute atomic E-state index is 12.3. The van der Waals surface area contributed by atoms with Crippen LogP contribution in [0.1, 0.15) is 0 Å². The summed E-state index contributed by atoms with van der Waals surface area (Å²) in [5.74, 6) is 0. The molecule has 96 valence electrons. The maximum atomic E-state index is 12.3. The first-order valence-electron chi connectivity index (χ1n) is 5.94. The summed E-state index contributed by atoms with van der Waals surface area (Å²) in [6, 6.07) is 9.59. The molecule has 0 aliphatic rings. The largest absolute Gasteiger partial charge is 0.359 e. The topological polar surface area (TPSA) is 59.8 Å². The molecule has 0 radical (unpaired) electrons. The summed E-state index contributed by atoms with van der Waals surface area (Å²) in [6.07, 6.45) is 1.69. The third-order valence-electron chi connectivity index (χ3n) is 3.38. The van der Waals surface area contributed by atoms with Crippen LogP contribution >= 0.6 is 0 Å². The SMILES string of the molecule is Cn1c(=O)c2c(-c3ccccc3)[nH]cc2n(C)c1=O. The van der Waals surface area contributed by atoms with E-state index in [1.165, 1.54) is 11.6 Å². The van der Waals surface area contributed by atoms with Gasteiger partial charge in [0.05, 0.1) is 16.6 Å². The van der Waals surface area contributed by atoms with E-state index in [-0.39, 0.29) is 11.2 Å². The Morgan fingerprint density at radius 2 is 1.68 bits per heavy atom. The monoisotopic (exact) mass is 255 g/mol. The van der Waals surface area contributed by atoms with Gasteiger partial charge in [0.2, 0.25) is 0 Å². The maximum Gasteiger partial charge on any atom is 0.330 e. The fraction of sp³-hybridized carbons (Fsp3) is 0.143. The quantitative estimate of drug-likeness (QED) is 0.711. The van der Waals surface area contributed by atoms with Crippen molar-refractivity contribution in [2.45, 2.75) is 0 Å². The number of fused-ring (bicyclic) bond motifs is 1. The molecule has 0 saturated carbocycles. The standard InChI is InChI=1S/C14H13N3O2/c1-16-10-8-15-12(9-6-4-3-5-7-9)11(10)13(18)17(2)14(16)19/h3-8,15H,1-2H3. The van der Waals surface area contributed by atoms with Gasteiger partial charge in [-0.3, -0.25) is 13.9 Å². The van der Waals surface area contributed by atoms with Gasteiger partial charge >= 0.3 is 5.69 Å². The Hall–Kier alpha value is -2.56. The van der Waals surface area contributed by atoms with E-state index >= 15 is 0 Å². The van der Waals surface area contributed by atoms with E-state index < -0.39 is 0 Å². The van der Waals surface area contributed by atoms with Crippen LogP contribution in [0.2, 0.25) is 0 Å². The molecule has 3 rings (SSSR count). The van der Waals surface area contributed by atoms with Crippen LogP contribution in [0.5, 0.6) is 0 Å². The molecule has 5 nitrogen and oxygen atoms in total. The second-order valence-corrected chi connectivity index (χ2v) is 4.50. The number of benzene rings is 1. The molecule has 1 aromatic carbocycles. The highest BCUT2D eigenvalue weighted by Crippen LogP contribution is 2.23. The van der Waals surface area contributed by atoms with Crippen molar-refractivity contribution in [1.82, 2.24) is 14.1 Å². The van der Waals surface area contributed by atoms with E-state index in [0.717, 1.165) is 15.8 Å². The van der Waals surface area contributed by atoms with E-state index in [1.54, 1.807) is 13.2 Å². The highest BCUT2D eigenvalue weighted by Gasteiger charge is 2.14. The molecule has 0 atom stereocenters. The van der Waals surface area contributed by atoms with Crippen molar-refractivity contribution in [2.24, 2.45) is 14.1 Å². The smallest absolute Gasteiger partial charge is 0.330 e. The van der Waals surface area contributed by atoms with Crippen molar-refractivity contribution in [1.29, 1.82) is 0 Å². The van der Waals surface area contributed by atoms with Crippen molar-refractivity contribution in [3.8, 4) is 11.3 Å².